The SMILES string of the molecule is CC(=O)Nc1ccc(C(=O)Nc2cccc3c(CO)cc(C)nc23)cn1. The van der Waals surface area contributed by atoms with Crippen LogP contribution in [0.3, 0.4) is 0 Å². The predicted octanol–water partition coefficient (Wildman–Crippen LogP) is 2.64. The molecule has 0 radical (unpaired) electrons. The van der Waals surface area contributed by atoms with E-state index in [4.69, 9.17) is 0 Å². The summed E-state index contributed by atoms with van der Waals surface area (Å²) in [7, 11) is 0. The standard InChI is InChI=1S/C19H18N4O3/c1-11-8-14(10-24)15-4-3-5-16(18(15)21-11)23-19(26)13-6-7-17(20-9-13)22-12(2)25/h3-9,24H,10H2,1-2H3,(H,23,26)(H,20,22,25). The van der Waals surface area contributed by atoms with E-state index < -0.39 is 0 Å². The quantitative estimate of drug-likeness (QED) is 0.671. The van der Waals surface area contributed by atoms with Crippen LogP contribution in [0, 0.1) is 6.92 Å². The molecule has 2 amide bonds. The van der Waals surface area contributed by atoms with Crippen molar-refractivity contribution in [3.8, 4) is 0 Å². The minimum atomic E-state index is -0.340. The second-order valence-corrected chi connectivity index (χ2v) is 5.85. The molecule has 132 valence electrons. The molecule has 3 rings (SSSR count). The van der Waals surface area contributed by atoms with Crippen molar-refractivity contribution < 1.29 is 14.7 Å². The molecule has 0 aliphatic rings. The number of hydrogen-bond acceptors (Lipinski definition) is 5. The number of rotatable bonds is 4. The number of fused-ring (bicyclic) bond motifs is 1. The first-order valence-electron chi connectivity index (χ1n) is 8.03. The average Bonchev–Trinajstić information content (AvgIpc) is 2.61. The fourth-order valence-electron chi connectivity index (χ4n) is 2.67. The van der Waals surface area contributed by atoms with Crippen LogP contribution in [-0.4, -0.2) is 26.9 Å². The number of anilines is 2. The van der Waals surface area contributed by atoms with E-state index in [1.54, 1.807) is 24.3 Å². The summed E-state index contributed by atoms with van der Waals surface area (Å²) in [5.74, 6) is -0.191. The Morgan fingerprint density at radius 3 is 2.62 bits per heavy atom. The Labute approximate surface area is 150 Å². The first-order chi connectivity index (χ1) is 12.5. The van der Waals surface area contributed by atoms with Crippen molar-refractivity contribution in [2.45, 2.75) is 20.5 Å². The molecule has 0 saturated carbocycles. The van der Waals surface area contributed by atoms with Crippen molar-refractivity contribution in [1.29, 1.82) is 0 Å². The average molecular weight is 350 g/mol. The summed E-state index contributed by atoms with van der Waals surface area (Å²) < 4.78 is 0. The molecule has 0 bridgehead atoms. The monoisotopic (exact) mass is 350 g/mol. The van der Waals surface area contributed by atoms with Crippen LogP contribution >= 0.6 is 0 Å². The van der Waals surface area contributed by atoms with Gasteiger partial charge in [0.25, 0.3) is 5.91 Å². The van der Waals surface area contributed by atoms with Gasteiger partial charge in [-0.2, -0.15) is 0 Å². The van der Waals surface area contributed by atoms with Crippen molar-refractivity contribution in [3.05, 3.63) is 59.4 Å². The van der Waals surface area contributed by atoms with Gasteiger partial charge in [-0.25, -0.2) is 4.98 Å². The number of hydrogen-bond donors (Lipinski definition) is 3. The third-order valence-corrected chi connectivity index (χ3v) is 3.80. The molecule has 0 saturated heterocycles. The van der Waals surface area contributed by atoms with Crippen molar-refractivity contribution in [1.82, 2.24) is 9.97 Å². The maximum Gasteiger partial charge on any atom is 0.257 e. The van der Waals surface area contributed by atoms with Gasteiger partial charge in [-0.15, -0.1) is 0 Å². The lowest BCUT2D eigenvalue weighted by atomic mass is 10.1. The summed E-state index contributed by atoms with van der Waals surface area (Å²) in [4.78, 5) is 32.1. The van der Waals surface area contributed by atoms with E-state index in [2.05, 4.69) is 20.6 Å². The van der Waals surface area contributed by atoms with Crippen molar-refractivity contribution in [2.75, 3.05) is 10.6 Å². The smallest absolute Gasteiger partial charge is 0.257 e. The third kappa shape index (κ3) is 3.68. The lowest BCUT2D eigenvalue weighted by Crippen LogP contribution is -2.14. The minimum absolute atomic E-state index is 0.105. The van der Waals surface area contributed by atoms with Gasteiger partial charge in [0.05, 0.1) is 23.4 Å². The maximum absolute atomic E-state index is 12.5. The number of nitrogens with one attached hydrogen (secondary N) is 2. The fraction of sp³-hybridized carbons (Fsp3) is 0.158. The van der Waals surface area contributed by atoms with Crippen molar-refractivity contribution >= 4 is 34.2 Å². The summed E-state index contributed by atoms with van der Waals surface area (Å²) in [6, 6.07) is 10.4. The van der Waals surface area contributed by atoms with Gasteiger partial charge in [-0.05, 0) is 36.8 Å². The Morgan fingerprint density at radius 2 is 1.96 bits per heavy atom. The number of amides is 2. The second-order valence-electron chi connectivity index (χ2n) is 5.85. The highest BCUT2D eigenvalue weighted by atomic mass is 16.3. The Balaban J connectivity index is 1.90. The van der Waals surface area contributed by atoms with E-state index in [1.807, 2.05) is 19.1 Å². The van der Waals surface area contributed by atoms with Crippen molar-refractivity contribution in [2.24, 2.45) is 0 Å². The first-order valence-corrected chi connectivity index (χ1v) is 8.03. The van der Waals surface area contributed by atoms with Gasteiger partial charge >= 0.3 is 0 Å². The summed E-state index contributed by atoms with van der Waals surface area (Å²) in [5.41, 5.74) is 3.03. The summed E-state index contributed by atoms with van der Waals surface area (Å²) in [5, 5.41) is 15.7. The van der Waals surface area contributed by atoms with E-state index >= 15 is 0 Å². The van der Waals surface area contributed by atoms with Crippen LogP contribution in [0.15, 0.2) is 42.6 Å². The molecule has 3 aromatic rings. The zero-order valence-electron chi connectivity index (χ0n) is 14.4. The zero-order chi connectivity index (χ0) is 18.7. The van der Waals surface area contributed by atoms with Crippen LogP contribution in [0.2, 0.25) is 0 Å². The number of nitrogens with zero attached hydrogens (tertiary/aromatic N) is 2. The lowest BCUT2D eigenvalue weighted by molar-refractivity contribution is -0.114. The molecule has 7 heteroatoms. The number of aliphatic hydroxyl groups excluding tert-OH is 1. The lowest BCUT2D eigenvalue weighted by Gasteiger charge is -2.11. The molecular weight excluding hydrogens is 332 g/mol. The van der Waals surface area contributed by atoms with Crippen LogP contribution < -0.4 is 10.6 Å². The maximum atomic E-state index is 12.5. The van der Waals surface area contributed by atoms with E-state index in [-0.39, 0.29) is 18.4 Å². The molecule has 0 aliphatic heterocycles. The molecule has 1 aromatic carbocycles. The molecule has 0 fully saturated rings. The largest absolute Gasteiger partial charge is 0.392 e. The minimum Gasteiger partial charge on any atom is -0.392 e. The number of aryl methyl sites for hydroxylation is 1. The van der Waals surface area contributed by atoms with Crippen LogP contribution in [-0.2, 0) is 11.4 Å². The van der Waals surface area contributed by atoms with Crippen LogP contribution in [0.4, 0.5) is 11.5 Å². The Morgan fingerprint density at radius 1 is 1.15 bits per heavy atom. The molecule has 7 nitrogen and oxygen atoms in total. The summed E-state index contributed by atoms with van der Waals surface area (Å²) in [6.07, 6.45) is 1.39. The Bertz CT molecular complexity index is 984. The number of carbonyl (C=O) groups is 2. The van der Waals surface area contributed by atoms with Gasteiger partial charge in [-0.3, -0.25) is 14.6 Å². The van der Waals surface area contributed by atoms with Gasteiger partial charge in [0, 0.05) is 24.2 Å². The van der Waals surface area contributed by atoms with E-state index in [0.29, 0.717) is 22.6 Å². The van der Waals surface area contributed by atoms with Crippen LogP contribution in [0.25, 0.3) is 10.9 Å². The highest BCUT2D eigenvalue weighted by Gasteiger charge is 2.12. The zero-order valence-corrected chi connectivity index (χ0v) is 14.4. The Hall–Kier alpha value is -3.32. The first kappa shape index (κ1) is 17.5. The van der Waals surface area contributed by atoms with Gasteiger partial charge < -0.3 is 15.7 Å². The highest BCUT2D eigenvalue weighted by molar-refractivity contribution is 6.08. The summed E-state index contributed by atoms with van der Waals surface area (Å²) >= 11 is 0. The summed E-state index contributed by atoms with van der Waals surface area (Å²) in [6.45, 7) is 3.12. The number of aromatic nitrogens is 2. The van der Waals surface area contributed by atoms with Gasteiger partial charge in [-0.1, -0.05) is 12.1 Å². The molecule has 0 spiro atoms. The van der Waals surface area contributed by atoms with E-state index in [1.165, 1.54) is 13.1 Å². The molecule has 0 aliphatic carbocycles. The normalized spacial score (nSPS) is 10.6. The fourth-order valence-corrected chi connectivity index (χ4v) is 2.67. The number of carbonyl (C=O) groups excluding carboxylic acids is 2. The van der Waals surface area contributed by atoms with Gasteiger partial charge in [0.15, 0.2) is 0 Å². The molecule has 3 N–H and O–H groups in total. The number of pyridine rings is 2. The molecule has 26 heavy (non-hydrogen) atoms. The van der Waals surface area contributed by atoms with Crippen LogP contribution in [0.5, 0.6) is 0 Å². The van der Waals surface area contributed by atoms with E-state index in [9.17, 15) is 14.7 Å². The topological polar surface area (TPSA) is 104 Å². The number of aliphatic hydroxyl groups is 1. The van der Waals surface area contributed by atoms with Crippen LogP contribution in [0.1, 0.15) is 28.5 Å². The van der Waals surface area contributed by atoms with Gasteiger partial charge in [0.2, 0.25) is 5.91 Å². The molecular formula is C19H18N4O3. The van der Waals surface area contributed by atoms with Crippen molar-refractivity contribution in [3.63, 3.8) is 0 Å². The molecule has 2 aromatic heterocycles. The molecule has 0 unspecified atom stereocenters. The second kappa shape index (κ2) is 7.28. The Kier molecular flexibility index (Phi) is 4.90. The molecule has 0 atom stereocenters. The number of para-hydroxylation sites is 1. The van der Waals surface area contributed by atoms with E-state index in [0.717, 1.165) is 16.6 Å². The predicted molar refractivity (Wildman–Crippen MR) is 98.9 cm³/mol. The third-order valence-electron chi connectivity index (χ3n) is 3.80. The van der Waals surface area contributed by atoms with Gasteiger partial charge in [0.1, 0.15) is 5.82 Å². The molecule has 2 heterocycles. The number of benzene rings is 1. The highest BCUT2D eigenvalue weighted by Crippen LogP contribution is 2.26.